The van der Waals surface area contributed by atoms with Crippen molar-refractivity contribution in [3.8, 4) is 16.9 Å². The Morgan fingerprint density at radius 3 is 2.15 bits per heavy atom. The predicted molar refractivity (Wildman–Crippen MR) is 122 cm³/mol. The maximum absolute atomic E-state index is 12.5. The molecular weight excluding hydrogens is 461 g/mol. The summed E-state index contributed by atoms with van der Waals surface area (Å²) in [6.07, 6.45) is -0.918. The third kappa shape index (κ3) is 5.46. The second kappa shape index (κ2) is 9.69. The van der Waals surface area contributed by atoms with Crippen molar-refractivity contribution >= 4 is 19.9 Å². The Labute approximate surface area is 196 Å². The van der Waals surface area contributed by atoms with Gasteiger partial charge in [0.2, 0.25) is 1.43 Å². The van der Waals surface area contributed by atoms with Gasteiger partial charge in [0, 0.05) is 12.3 Å². The van der Waals surface area contributed by atoms with Gasteiger partial charge in [0.05, 0.1) is 0 Å². The molecule has 34 heavy (non-hydrogen) atoms. The van der Waals surface area contributed by atoms with Gasteiger partial charge in [-0.2, -0.15) is 0 Å². The number of hydrogen-bond acceptors (Lipinski definition) is 6. The molecule has 0 saturated carbocycles. The highest BCUT2D eigenvalue weighted by atomic mass is 31.2. The topological polar surface area (TPSA) is 142 Å². The number of carboxylic acid groups (broad SMARTS) is 1. The van der Waals surface area contributed by atoms with Gasteiger partial charge in [0.15, 0.2) is 0 Å². The molecular formula is C24H22NO8P. The lowest BCUT2D eigenvalue weighted by molar-refractivity contribution is -0.139. The number of nitrogens with one attached hydrogen (secondary N) is 1. The number of phosphoric ester groups is 1. The number of rotatable bonds is 9. The molecule has 0 radical (unpaired) electrons. The number of hydrogen-bond donors (Lipinski definition) is 4. The fourth-order valence-corrected chi connectivity index (χ4v) is 4.43. The van der Waals surface area contributed by atoms with Gasteiger partial charge in [0.25, 0.3) is 0 Å². The van der Waals surface area contributed by atoms with Gasteiger partial charge in [0.1, 0.15) is 18.4 Å². The van der Waals surface area contributed by atoms with E-state index in [4.69, 9.17) is 6.17 Å². The van der Waals surface area contributed by atoms with Crippen molar-refractivity contribution in [3.05, 3.63) is 89.5 Å². The van der Waals surface area contributed by atoms with E-state index in [1.807, 2.05) is 48.5 Å². The summed E-state index contributed by atoms with van der Waals surface area (Å²) in [5, 5.41) is 11.9. The molecule has 1 amide bonds. The molecule has 2 atom stereocenters. The van der Waals surface area contributed by atoms with E-state index in [1.165, 1.54) is 24.3 Å². The molecule has 3 aromatic rings. The lowest BCUT2D eigenvalue weighted by atomic mass is 9.98. The van der Waals surface area contributed by atoms with Crippen LogP contribution in [-0.2, 0) is 20.5 Å². The summed E-state index contributed by atoms with van der Waals surface area (Å²) in [5.74, 6) is -1.44. The highest BCUT2D eigenvalue weighted by Gasteiger charge is 2.29. The summed E-state index contributed by atoms with van der Waals surface area (Å²) in [6, 6.07) is 20.1. The van der Waals surface area contributed by atoms with E-state index in [0.717, 1.165) is 22.3 Å². The molecule has 0 bridgehead atoms. The normalized spacial score (nSPS) is 15.3. The number of aliphatic carboxylic acids is 1. The van der Waals surface area contributed by atoms with Gasteiger partial charge >= 0.3 is 19.9 Å². The van der Waals surface area contributed by atoms with Crippen molar-refractivity contribution in [3.63, 3.8) is 0 Å². The second-order valence-corrected chi connectivity index (χ2v) is 8.89. The van der Waals surface area contributed by atoms with Gasteiger partial charge < -0.3 is 19.7 Å². The van der Waals surface area contributed by atoms with E-state index < -0.39 is 25.9 Å². The standard InChI is InChI=1S/C24H22NO8P/c26-23(27)22(13-15-9-11-16(12-10-15)33-34(29,30)31)25-24(28)32-14-21-19-7-3-1-5-17(19)18-6-2-4-8-20(18)21/h1-12,21-22H,13-14H2,(H,25,28)(H,26,27)(H2,29,30,31)/t22-/m0/s1/i/hD. The average Bonchev–Trinajstić information content (AvgIpc) is 3.17. The first kappa shape index (κ1) is 22.2. The van der Waals surface area contributed by atoms with Crippen LogP contribution in [-0.4, -0.2) is 41.0 Å². The maximum atomic E-state index is 12.5. The predicted octanol–water partition coefficient (Wildman–Crippen LogP) is 3.69. The van der Waals surface area contributed by atoms with E-state index in [-0.39, 0.29) is 24.7 Å². The van der Waals surface area contributed by atoms with Crippen LogP contribution in [0.1, 0.15) is 22.6 Å². The van der Waals surface area contributed by atoms with E-state index in [1.54, 1.807) is 0 Å². The van der Waals surface area contributed by atoms with Crippen molar-refractivity contribution in [2.45, 2.75) is 18.4 Å². The van der Waals surface area contributed by atoms with Gasteiger partial charge in [-0.05, 0) is 39.9 Å². The summed E-state index contributed by atoms with van der Waals surface area (Å²) in [4.78, 5) is 37.0. The van der Waals surface area contributed by atoms with Crippen LogP contribution in [0.2, 0.25) is 0 Å². The van der Waals surface area contributed by atoms with Crippen molar-refractivity contribution in [1.82, 2.24) is 5.32 Å². The number of phosphoric acid groups is 1. The van der Waals surface area contributed by atoms with Crippen LogP contribution >= 0.6 is 7.82 Å². The summed E-state index contributed by atoms with van der Waals surface area (Å²) in [6.45, 7) is 0.0531. The number of ether oxygens (including phenoxy) is 1. The van der Waals surface area contributed by atoms with Crippen LogP contribution < -0.4 is 9.84 Å². The molecule has 0 saturated heterocycles. The van der Waals surface area contributed by atoms with E-state index in [0.29, 0.717) is 5.56 Å². The highest BCUT2D eigenvalue weighted by Crippen LogP contribution is 2.44. The molecule has 1 aliphatic carbocycles. The molecule has 4 N–H and O–H groups in total. The van der Waals surface area contributed by atoms with Gasteiger partial charge in [-0.1, -0.05) is 60.7 Å². The first-order chi connectivity index (χ1) is 16.8. The zero-order valence-electron chi connectivity index (χ0n) is 18.8. The summed E-state index contributed by atoms with van der Waals surface area (Å²) in [5.41, 5.74) is 4.77. The molecule has 9 nitrogen and oxygen atoms in total. The first-order valence-corrected chi connectivity index (χ1v) is 11.9. The molecule has 0 aliphatic heterocycles. The Kier molecular flexibility index (Phi) is 6.31. The molecule has 3 aromatic carbocycles. The first-order valence-electron chi connectivity index (χ1n) is 10.8. The smallest absolute Gasteiger partial charge is 0.480 e. The molecule has 0 heterocycles. The van der Waals surface area contributed by atoms with Crippen LogP contribution in [0.25, 0.3) is 11.1 Å². The third-order valence-electron chi connectivity index (χ3n) is 5.52. The minimum atomic E-state index is -4.53. The zero-order valence-corrected chi connectivity index (χ0v) is 18.7. The minimum Gasteiger partial charge on any atom is -0.480 e. The number of alkyl carbamates (subject to hydrolysis) is 1. The summed E-state index contributed by atoms with van der Waals surface area (Å²) >= 11 is 0. The number of carbonyl (C=O) groups excluding carboxylic acids is 1. The van der Waals surface area contributed by atoms with Crippen LogP contribution in [0, 0.1) is 0 Å². The van der Waals surface area contributed by atoms with E-state index >= 15 is 0 Å². The van der Waals surface area contributed by atoms with Crippen molar-refractivity contribution in [2.75, 3.05) is 6.61 Å². The molecule has 176 valence electrons. The third-order valence-corrected chi connectivity index (χ3v) is 5.96. The monoisotopic (exact) mass is 484 g/mol. The Balaban J connectivity index is 1.38. The lowest BCUT2D eigenvalue weighted by Crippen LogP contribution is -2.42. The molecule has 1 aliphatic rings. The molecule has 0 fully saturated rings. The van der Waals surface area contributed by atoms with E-state index in [9.17, 15) is 24.2 Å². The SMILES string of the molecule is [2H]OP(=O)(O)Oc1ccc(C[C@H](NC(=O)OCC2c3ccccc3-c3ccccc32)C(=O)O)cc1. The summed E-state index contributed by atoms with van der Waals surface area (Å²) < 4.78 is 27.9. The van der Waals surface area contributed by atoms with Crippen LogP contribution in [0.5, 0.6) is 5.75 Å². The van der Waals surface area contributed by atoms with Crippen molar-refractivity contribution < 1.29 is 38.3 Å². The Hall–Kier alpha value is -3.65. The number of carbonyl (C=O) groups is 2. The fraction of sp³-hybridized carbons (Fsp3) is 0.167. The Morgan fingerprint density at radius 1 is 1.00 bits per heavy atom. The fourth-order valence-electron chi connectivity index (χ4n) is 4.04. The zero-order chi connectivity index (χ0) is 25.0. The molecule has 0 aromatic heterocycles. The number of amides is 1. The number of fused-ring (bicyclic) bond motifs is 3. The van der Waals surface area contributed by atoms with Crippen LogP contribution in [0.15, 0.2) is 72.8 Å². The van der Waals surface area contributed by atoms with Crippen LogP contribution in [0.3, 0.4) is 0 Å². The van der Waals surface area contributed by atoms with Crippen LogP contribution in [0.4, 0.5) is 4.79 Å². The Bertz CT molecular complexity index is 1240. The largest absolute Gasteiger partial charge is 0.524 e. The van der Waals surface area contributed by atoms with Crippen molar-refractivity contribution in [1.29, 1.82) is 1.43 Å². The molecule has 1 unspecified atom stereocenters. The van der Waals surface area contributed by atoms with Gasteiger partial charge in [-0.3, -0.25) is 9.79 Å². The molecule has 0 spiro atoms. The molecule has 10 heteroatoms. The number of carboxylic acids is 1. The minimum absolute atomic E-state index is 0.0387. The maximum Gasteiger partial charge on any atom is 0.524 e. The second-order valence-electron chi connectivity index (χ2n) is 7.77. The van der Waals surface area contributed by atoms with E-state index in [2.05, 4.69) is 14.7 Å². The Morgan fingerprint density at radius 2 is 1.59 bits per heavy atom. The number of benzene rings is 3. The quantitative estimate of drug-likeness (QED) is 0.337. The summed E-state index contributed by atoms with van der Waals surface area (Å²) in [7, 11) is -4.53. The lowest BCUT2D eigenvalue weighted by Gasteiger charge is -2.17. The molecule has 4 rings (SSSR count). The average molecular weight is 484 g/mol. The van der Waals surface area contributed by atoms with Crippen molar-refractivity contribution in [2.24, 2.45) is 0 Å². The van der Waals surface area contributed by atoms with Gasteiger partial charge in [-0.15, -0.1) is 0 Å². The van der Waals surface area contributed by atoms with Gasteiger partial charge in [-0.25, -0.2) is 14.2 Å². The highest BCUT2D eigenvalue weighted by molar-refractivity contribution is 7.46.